The Morgan fingerprint density at radius 1 is 0.837 bits per heavy atom. The molecule has 0 N–H and O–H groups in total. The van der Waals surface area contributed by atoms with E-state index in [0.29, 0.717) is 6.04 Å². The number of nitrogens with zero attached hydrogens (tertiary/aromatic N) is 3. The van der Waals surface area contributed by atoms with Crippen LogP contribution in [0.25, 0.3) is 42.8 Å². The van der Waals surface area contributed by atoms with Crippen LogP contribution in [0.3, 0.4) is 0 Å². The third kappa shape index (κ3) is 3.99. The van der Waals surface area contributed by atoms with E-state index >= 15 is 0 Å². The van der Waals surface area contributed by atoms with Crippen LogP contribution in [0, 0.1) is 0 Å². The topological polar surface area (TPSA) is 12.7 Å². The number of benzene rings is 3. The standard InChI is InChI=1S/C39H43N3S/c1-7-38(5)39(8-2,32-17-11-9-16-31(32)37-41(27(3)4)25-26-42(37)38)23-22-28-20-21-30-29-15-10-12-19-34(29)43-36(30)35(28)33-18-13-14-24-40(33)6/h9-21,24-27H,7-8,22-23H2,1-6H3/q+2. The van der Waals surface area contributed by atoms with Crippen LogP contribution in [0.2, 0.25) is 0 Å². The molecule has 218 valence electrons. The Hall–Kier alpha value is -3.76. The number of hydrogen-bond acceptors (Lipinski definition) is 1. The third-order valence-corrected chi connectivity index (χ3v) is 11.9. The second kappa shape index (κ2) is 10.4. The van der Waals surface area contributed by atoms with Crippen LogP contribution in [0.4, 0.5) is 0 Å². The largest absolute Gasteiger partial charge is 0.289 e. The normalized spacial score (nSPS) is 19.7. The molecule has 3 nitrogen and oxygen atoms in total. The van der Waals surface area contributed by atoms with Gasteiger partial charge in [0.15, 0.2) is 6.20 Å². The molecule has 4 heteroatoms. The van der Waals surface area contributed by atoms with Gasteiger partial charge in [0.05, 0.1) is 17.2 Å². The second-order valence-corrected chi connectivity index (χ2v) is 13.9. The van der Waals surface area contributed by atoms with Crippen LogP contribution in [0.1, 0.15) is 71.0 Å². The van der Waals surface area contributed by atoms with Crippen molar-refractivity contribution < 1.29 is 9.13 Å². The summed E-state index contributed by atoms with van der Waals surface area (Å²) in [7, 11) is 2.18. The Morgan fingerprint density at radius 3 is 2.37 bits per heavy atom. The summed E-state index contributed by atoms with van der Waals surface area (Å²) in [4.78, 5) is 0. The summed E-state index contributed by atoms with van der Waals surface area (Å²) in [5, 5.41) is 2.72. The monoisotopic (exact) mass is 585 g/mol. The fraction of sp³-hybridized carbons (Fsp3) is 0.333. The molecule has 0 aliphatic carbocycles. The van der Waals surface area contributed by atoms with Crippen molar-refractivity contribution in [3.05, 3.63) is 109 Å². The lowest BCUT2D eigenvalue weighted by Gasteiger charge is -2.50. The number of pyridine rings is 1. The van der Waals surface area contributed by atoms with Crippen LogP contribution in [0.15, 0.2) is 97.5 Å². The van der Waals surface area contributed by atoms with Gasteiger partial charge < -0.3 is 0 Å². The Balaban J connectivity index is 1.42. The number of aromatic nitrogens is 3. The average molecular weight is 586 g/mol. The van der Waals surface area contributed by atoms with Gasteiger partial charge in [0, 0.05) is 37.7 Å². The third-order valence-electron chi connectivity index (χ3n) is 10.7. The maximum Gasteiger partial charge on any atom is 0.289 e. The van der Waals surface area contributed by atoms with E-state index in [1.54, 1.807) is 0 Å². The number of imidazole rings is 1. The maximum absolute atomic E-state index is 2.63. The van der Waals surface area contributed by atoms with Gasteiger partial charge in [-0.3, -0.25) is 0 Å². The zero-order valence-corrected chi connectivity index (χ0v) is 27.2. The van der Waals surface area contributed by atoms with Gasteiger partial charge >= 0.3 is 0 Å². The highest BCUT2D eigenvalue weighted by Crippen LogP contribution is 2.55. The summed E-state index contributed by atoms with van der Waals surface area (Å²) >= 11 is 1.94. The Bertz CT molecular complexity index is 1980. The van der Waals surface area contributed by atoms with Crippen molar-refractivity contribution >= 4 is 31.5 Å². The molecule has 0 bridgehead atoms. The molecule has 0 spiro atoms. The molecule has 2 atom stereocenters. The molecule has 1 aliphatic rings. The SMILES string of the molecule is CCC1(CCc2ccc3c(sc4ccccc43)c2-c2cccc[n+]2C)c2ccccc2-c2n(cc[n+]2C(C)C)C1(C)CC. The highest BCUT2D eigenvalue weighted by Gasteiger charge is 2.57. The maximum atomic E-state index is 2.63. The second-order valence-electron chi connectivity index (χ2n) is 12.9. The van der Waals surface area contributed by atoms with Crippen LogP contribution in [0.5, 0.6) is 0 Å². The van der Waals surface area contributed by atoms with E-state index in [-0.39, 0.29) is 11.0 Å². The fourth-order valence-electron chi connectivity index (χ4n) is 8.21. The molecule has 43 heavy (non-hydrogen) atoms. The van der Waals surface area contributed by atoms with Crippen molar-refractivity contribution in [2.24, 2.45) is 7.05 Å². The van der Waals surface area contributed by atoms with Gasteiger partial charge in [0.2, 0.25) is 5.69 Å². The van der Waals surface area contributed by atoms with Crippen molar-refractivity contribution in [3.8, 4) is 22.6 Å². The molecule has 3 aromatic heterocycles. The Kier molecular flexibility index (Phi) is 6.81. The van der Waals surface area contributed by atoms with Gasteiger partial charge in [0.1, 0.15) is 25.0 Å². The van der Waals surface area contributed by atoms with Gasteiger partial charge in [-0.1, -0.05) is 62.4 Å². The van der Waals surface area contributed by atoms with Crippen molar-refractivity contribution in [3.63, 3.8) is 0 Å². The van der Waals surface area contributed by atoms with E-state index in [1.807, 2.05) is 11.3 Å². The van der Waals surface area contributed by atoms with Gasteiger partial charge in [-0.25, -0.2) is 13.7 Å². The lowest BCUT2D eigenvalue weighted by Crippen LogP contribution is -2.55. The first-order chi connectivity index (χ1) is 20.8. The summed E-state index contributed by atoms with van der Waals surface area (Å²) in [5.74, 6) is 1.35. The summed E-state index contributed by atoms with van der Waals surface area (Å²) in [6.07, 6.45) is 11.1. The molecule has 7 rings (SSSR count). The van der Waals surface area contributed by atoms with Gasteiger partial charge in [-0.15, -0.1) is 11.3 Å². The lowest BCUT2D eigenvalue weighted by atomic mass is 9.57. The zero-order chi connectivity index (χ0) is 29.9. The van der Waals surface area contributed by atoms with Crippen molar-refractivity contribution in [1.29, 1.82) is 0 Å². The molecule has 0 saturated carbocycles. The first-order valence-corrected chi connectivity index (χ1v) is 16.8. The van der Waals surface area contributed by atoms with Gasteiger partial charge in [-0.05, 0) is 75.8 Å². The predicted octanol–water partition coefficient (Wildman–Crippen LogP) is 9.30. The predicted molar refractivity (Wildman–Crippen MR) is 181 cm³/mol. The zero-order valence-electron chi connectivity index (χ0n) is 26.4. The molecule has 1 aliphatic heterocycles. The fourth-order valence-corrected chi connectivity index (χ4v) is 9.49. The molecule has 6 aromatic rings. The highest BCUT2D eigenvalue weighted by molar-refractivity contribution is 7.26. The molecule has 4 heterocycles. The first kappa shape index (κ1) is 28.0. The van der Waals surface area contributed by atoms with Gasteiger partial charge in [0.25, 0.3) is 5.82 Å². The molecule has 0 saturated heterocycles. The van der Waals surface area contributed by atoms with E-state index in [1.165, 1.54) is 53.9 Å². The smallest absolute Gasteiger partial charge is 0.228 e. The molecular formula is C39H43N3S+2. The summed E-state index contributed by atoms with van der Waals surface area (Å²) in [5.41, 5.74) is 6.97. The van der Waals surface area contributed by atoms with E-state index in [2.05, 4.69) is 153 Å². The van der Waals surface area contributed by atoms with Crippen LogP contribution < -0.4 is 9.13 Å². The molecular weight excluding hydrogens is 543 g/mol. The van der Waals surface area contributed by atoms with E-state index in [0.717, 1.165) is 25.7 Å². The summed E-state index contributed by atoms with van der Waals surface area (Å²) < 4.78 is 10.2. The molecule has 2 unspecified atom stereocenters. The van der Waals surface area contributed by atoms with Crippen molar-refractivity contribution in [1.82, 2.24) is 4.57 Å². The van der Waals surface area contributed by atoms with Crippen LogP contribution >= 0.6 is 11.3 Å². The minimum absolute atomic E-state index is 0.00949. The van der Waals surface area contributed by atoms with E-state index < -0.39 is 0 Å². The number of aryl methyl sites for hydroxylation is 2. The van der Waals surface area contributed by atoms with Crippen molar-refractivity contribution in [2.75, 3.05) is 0 Å². The minimum atomic E-state index is -0.0507. The van der Waals surface area contributed by atoms with E-state index in [9.17, 15) is 0 Å². The lowest BCUT2D eigenvalue weighted by molar-refractivity contribution is -0.705. The molecule has 3 aromatic carbocycles. The first-order valence-electron chi connectivity index (χ1n) is 16.0. The highest BCUT2D eigenvalue weighted by atomic mass is 32.1. The quantitative estimate of drug-likeness (QED) is 0.166. The van der Waals surface area contributed by atoms with Crippen LogP contribution in [-0.2, 0) is 24.4 Å². The number of hydrogen-bond donors (Lipinski definition) is 0. The number of rotatable bonds is 7. The number of fused-ring (bicyclic) bond motifs is 6. The van der Waals surface area contributed by atoms with Gasteiger partial charge in [-0.2, -0.15) is 0 Å². The molecule has 0 amide bonds. The average Bonchev–Trinajstić information content (AvgIpc) is 3.65. The Labute approximate surface area is 260 Å². The summed E-state index contributed by atoms with van der Waals surface area (Å²) in [6.45, 7) is 11.9. The molecule has 0 radical (unpaired) electrons. The number of thiophene rings is 1. The summed E-state index contributed by atoms with van der Waals surface area (Å²) in [6, 6.07) is 30.0. The Morgan fingerprint density at radius 2 is 1.60 bits per heavy atom. The minimum Gasteiger partial charge on any atom is -0.228 e. The van der Waals surface area contributed by atoms with Crippen LogP contribution in [-0.4, -0.2) is 4.57 Å². The van der Waals surface area contributed by atoms with Crippen molar-refractivity contribution in [2.45, 2.75) is 77.3 Å². The van der Waals surface area contributed by atoms with E-state index in [4.69, 9.17) is 0 Å². The molecule has 0 fully saturated rings.